The molecule has 1 unspecified atom stereocenters. The number of rotatable bonds is 10. The van der Waals surface area contributed by atoms with E-state index in [0.717, 1.165) is 13.2 Å². The van der Waals surface area contributed by atoms with Crippen molar-refractivity contribution in [3.63, 3.8) is 0 Å². The van der Waals surface area contributed by atoms with Crippen LogP contribution in [0.25, 0.3) is 0 Å². The second kappa shape index (κ2) is 10.4. The van der Waals surface area contributed by atoms with E-state index < -0.39 is 0 Å². The first kappa shape index (κ1) is 14.9. The third kappa shape index (κ3) is 6.91. The lowest BCUT2D eigenvalue weighted by Crippen LogP contribution is -2.27. The molecule has 0 saturated heterocycles. The van der Waals surface area contributed by atoms with Gasteiger partial charge in [-0.3, -0.25) is 0 Å². The van der Waals surface area contributed by atoms with Crippen LogP contribution in [0.2, 0.25) is 0 Å². The first-order valence-corrected chi connectivity index (χ1v) is 6.53. The van der Waals surface area contributed by atoms with Crippen molar-refractivity contribution < 1.29 is 9.47 Å². The van der Waals surface area contributed by atoms with Crippen LogP contribution < -0.4 is 0 Å². The van der Waals surface area contributed by atoms with Gasteiger partial charge in [-0.25, -0.2) is 0 Å². The van der Waals surface area contributed by atoms with Gasteiger partial charge in [0.25, 0.3) is 0 Å². The van der Waals surface area contributed by atoms with Crippen molar-refractivity contribution in [3.8, 4) is 0 Å². The maximum Gasteiger partial charge on any atom is 0.160 e. The molecule has 0 aromatic carbocycles. The monoisotopic (exact) mass is 216 g/mol. The summed E-state index contributed by atoms with van der Waals surface area (Å²) in [5.41, 5.74) is 0. The number of hydrogen-bond donors (Lipinski definition) is 0. The van der Waals surface area contributed by atoms with E-state index >= 15 is 0 Å². The zero-order chi connectivity index (χ0) is 11.5. The Morgan fingerprint density at radius 1 is 0.800 bits per heavy atom. The van der Waals surface area contributed by atoms with Gasteiger partial charge in [-0.15, -0.1) is 0 Å². The first-order chi connectivity index (χ1) is 7.29. The Labute approximate surface area is 95.3 Å². The third-order valence-corrected chi connectivity index (χ3v) is 2.63. The average Bonchev–Trinajstić information content (AvgIpc) is 2.24. The average molecular weight is 216 g/mol. The molecule has 2 heteroatoms. The molecule has 0 radical (unpaired) electrons. The van der Waals surface area contributed by atoms with Crippen LogP contribution in [0, 0.1) is 5.92 Å². The largest absolute Gasteiger partial charge is 0.353 e. The predicted molar refractivity (Wildman–Crippen MR) is 65.0 cm³/mol. The molecule has 0 fully saturated rings. The molecule has 92 valence electrons. The summed E-state index contributed by atoms with van der Waals surface area (Å²) in [5.74, 6) is 0.579. The molecule has 0 saturated carbocycles. The van der Waals surface area contributed by atoms with Gasteiger partial charge in [-0.05, 0) is 26.7 Å². The summed E-state index contributed by atoms with van der Waals surface area (Å²) in [4.78, 5) is 0. The molecular formula is C13H28O2. The Hall–Kier alpha value is -0.0800. The third-order valence-electron chi connectivity index (χ3n) is 2.63. The van der Waals surface area contributed by atoms with Gasteiger partial charge in [0.05, 0.1) is 0 Å². The molecule has 0 spiro atoms. The van der Waals surface area contributed by atoms with Crippen LogP contribution in [0.5, 0.6) is 0 Å². The van der Waals surface area contributed by atoms with E-state index in [9.17, 15) is 0 Å². The molecule has 0 bridgehead atoms. The fourth-order valence-corrected chi connectivity index (χ4v) is 1.90. The van der Waals surface area contributed by atoms with Gasteiger partial charge in [0.15, 0.2) is 6.29 Å². The van der Waals surface area contributed by atoms with Crippen molar-refractivity contribution in [2.24, 2.45) is 5.92 Å². The molecule has 0 rings (SSSR count). The van der Waals surface area contributed by atoms with Crippen molar-refractivity contribution in [1.82, 2.24) is 0 Å². The minimum atomic E-state index is 0.0199. The maximum absolute atomic E-state index is 5.67. The lowest BCUT2D eigenvalue weighted by molar-refractivity contribution is -0.170. The van der Waals surface area contributed by atoms with E-state index in [1.807, 2.05) is 13.8 Å². The number of ether oxygens (including phenoxy) is 2. The standard InChI is InChI=1S/C13H28O2/c1-5-9-11-12(10-6-2)13(14-7-3)15-8-4/h12-13H,5-11H2,1-4H3. The quantitative estimate of drug-likeness (QED) is 0.514. The topological polar surface area (TPSA) is 18.5 Å². The molecule has 0 amide bonds. The summed E-state index contributed by atoms with van der Waals surface area (Å²) in [6.45, 7) is 10.0. The predicted octanol–water partition coefficient (Wildman–Crippen LogP) is 3.99. The highest BCUT2D eigenvalue weighted by Gasteiger charge is 2.20. The summed E-state index contributed by atoms with van der Waals surface area (Å²) in [6, 6.07) is 0. The number of hydrogen-bond acceptors (Lipinski definition) is 2. The molecule has 2 nitrogen and oxygen atoms in total. The maximum atomic E-state index is 5.67. The molecule has 15 heavy (non-hydrogen) atoms. The SMILES string of the molecule is CCCCC(CCC)C(OCC)OCC. The van der Waals surface area contributed by atoms with Gasteiger partial charge in [0, 0.05) is 19.1 Å². The van der Waals surface area contributed by atoms with Crippen molar-refractivity contribution in [3.05, 3.63) is 0 Å². The highest BCUT2D eigenvalue weighted by Crippen LogP contribution is 2.22. The van der Waals surface area contributed by atoms with Crippen molar-refractivity contribution in [2.45, 2.75) is 66.1 Å². The van der Waals surface area contributed by atoms with Crippen LogP contribution in [0.1, 0.15) is 59.8 Å². The Morgan fingerprint density at radius 2 is 1.40 bits per heavy atom. The van der Waals surface area contributed by atoms with E-state index in [1.54, 1.807) is 0 Å². The summed E-state index contributed by atoms with van der Waals surface area (Å²) >= 11 is 0. The van der Waals surface area contributed by atoms with Crippen molar-refractivity contribution in [1.29, 1.82) is 0 Å². The summed E-state index contributed by atoms with van der Waals surface area (Å²) in [7, 11) is 0. The summed E-state index contributed by atoms with van der Waals surface area (Å²) in [6.07, 6.45) is 6.21. The number of unbranched alkanes of at least 4 members (excludes halogenated alkanes) is 1. The molecule has 0 aliphatic heterocycles. The molecule has 0 heterocycles. The van der Waals surface area contributed by atoms with Crippen LogP contribution in [0.3, 0.4) is 0 Å². The second-order valence-electron chi connectivity index (χ2n) is 3.97. The molecule has 0 N–H and O–H groups in total. The second-order valence-corrected chi connectivity index (χ2v) is 3.97. The summed E-state index contributed by atoms with van der Waals surface area (Å²) < 4.78 is 11.3. The highest BCUT2D eigenvalue weighted by atomic mass is 16.7. The van der Waals surface area contributed by atoms with Crippen molar-refractivity contribution >= 4 is 0 Å². The first-order valence-electron chi connectivity index (χ1n) is 6.53. The molecule has 0 aliphatic rings. The zero-order valence-electron chi connectivity index (χ0n) is 10.9. The van der Waals surface area contributed by atoms with Gasteiger partial charge in [0.1, 0.15) is 0 Å². The van der Waals surface area contributed by atoms with Crippen molar-refractivity contribution in [2.75, 3.05) is 13.2 Å². The molecule has 0 aromatic heterocycles. The molecule has 0 aromatic rings. The van der Waals surface area contributed by atoms with Gasteiger partial charge in [-0.1, -0.05) is 33.1 Å². The molecular weight excluding hydrogens is 188 g/mol. The van der Waals surface area contributed by atoms with E-state index in [2.05, 4.69) is 13.8 Å². The van der Waals surface area contributed by atoms with Gasteiger partial charge < -0.3 is 9.47 Å². The zero-order valence-corrected chi connectivity index (χ0v) is 10.9. The van der Waals surface area contributed by atoms with Crippen LogP contribution in [0.4, 0.5) is 0 Å². The normalized spacial score (nSPS) is 13.4. The van der Waals surface area contributed by atoms with E-state index in [1.165, 1.54) is 32.1 Å². The summed E-state index contributed by atoms with van der Waals surface area (Å²) in [5, 5.41) is 0. The fraction of sp³-hybridized carbons (Fsp3) is 1.00. The smallest absolute Gasteiger partial charge is 0.160 e. The Morgan fingerprint density at radius 3 is 1.80 bits per heavy atom. The lowest BCUT2D eigenvalue weighted by Gasteiger charge is -2.26. The Balaban J connectivity index is 4.09. The molecule has 0 aliphatic carbocycles. The highest BCUT2D eigenvalue weighted by molar-refractivity contribution is 4.63. The van der Waals surface area contributed by atoms with E-state index in [0.29, 0.717) is 5.92 Å². The van der Waals surface area contributed by atoms with Crippen LogP contribution in [-0.2, 0) is 9.47 Å². The van der Waals surface area contributed by atoms with Gasteiger partial charge >= 0.3 is 0 Å². The van der Waals surface area contributed by atoms with E-state index in [-0.39, 0.29) is 6.29 Å². The minimum absolute atomic E-state index is 0.0199. The minimum Gasteiger partial charge on any atom is -0.353 e. The Kier molecular flexibility index (Phi) is 10.4. The lowest BCUT2D eigenvalue weighted by atomic mass is 9.96. The van der Waals surface area contributed by atoms with Gasteiger partial charge in [-0.2, -0.15) is 0 Å². The fourth-order valence-electron chi connectivity index (χ4n) is 1.90. The van der Waals surface area contributed by atoms with Gasteiger partial charge in [0.2, 0.25) is 0 Å². The Bertz CT molecular complexity index is 120. The van der Waals surface area contributed by atoms with E-state index in [4.69, 9.17) is 9.47 Å². The molecule has 1 atom stereocenters. The van der Waals surface area contributed by atoms with Crippen LogP contribution in [-0.4, -0.2) is 19.5 Å². The van der Waals surface area contributed by atoms with Crippen LogP contribution in [0.15, 0.2) is 0 Å². The van der Waals surface area contributed by atoms with Crippen LogP contribution >= 0.6 is 0 Å².